The number of ketones is 1. The first-order chi connectivity index (χ1) is 13.4. The third kappa shape index (κ3) is 3.56. The van der Waals surface area contributed by atoms with Gasteiger partial charge in [0.15, 0.2) is 5.78 Å². The molecule has 2 heterocycles. The summed E-state index contributed by atoms with van der Waals surface area (Å²) in [6.07, 6.45) is 3.34. The van der Waals surface area contributed by atoms with Gasteiger partial charge in [-0.15, -0.1) is 11.3 Å². The van der Waals surface area contributed by atoms with Gasteiger partial charge in [0.2, 0.25) is 5.91 Å². The maximum atomic E-state index is 12.8. The van der Waals surface area contributed by atoms with E-state index in [2.05, 4.69) is 15.3 Å². The lowest BCUT2D eigenvalue weighted by Crippen LogP contribution is -2.23. The third-order valence-corrected chi connectivity index (χ3v) is 7.14. The van der Waals surface area contributed by atoms with Crippen LogP contribution in [-0.4, -0.2) is 26.9 Å². The molecule has 1 N–H and O–H groups in total. The molecule has 1 aliphatic carbocycles. The number of thioether (sulfide) groups is 1. The average Bonchev–Trinajstić information content (AvgIpc) is 3.22. The third-order valence-electron chi connectivity index (χ3n) is 4.87. The first-order valence-electron chi connectivity index (χ1n) is 9.30. The number of aryl methyl sites for hydroxylation is 3. The molecule has 0 fully saturated rings. The van der Waals surface area contributed by atoms with E-state index in [4.69, 9.17) is 0 Å². The van der Waals surface area contributed by atoms with Crippen molar-refractivity contribution in [2.24, 2.45) is 0 Å². The zero-order valence-corrected chi connectivity index (χ0v) is 17.7. The molecular formula is C21H21N3O2S2. The number of amides is 1. The molecule has 0 bridgehead atoms. The van der Waals surface area contributed by atoms with Gasteiger partial charge in [0, 0.05) is 15.8 Å². The number of nitrogens with zero attached hydrogens (tertiary/aromatic N) is 2. The Morgan fingerprint density at radius 2 is 2.00 bits per heavy atom. The number of hydrogen-bond donors (Lipinski definition) is 1. The number of rotatable bonds is 5. The largest absolute Gasteiger partial charge is 0.324 e. The van der Waals surface area contributed by atoms with Gasteiger partial charge in [-0.1, -0.05) is 23.9 Å². The molecular weight excluding hydrogens is 390 g/mol. The highest BCUT2D eigenvalue weighted by Gasteiger charge is 2.25. The van der Waals surface area contributed by atoms with Crippen LogP contribution in [0.1, 0.15) is 46.9 Å². The molecule has 0 aliphatic heterocycles. The number of fused-ring (bicyclic) bond motifs is 3. The van der Waals surface area contributed by atoms with E-state index in [0.717, 1.165) is 33.9 Å². The van der Waals surface area contributed by atoms with Crippen molar-refractivity contribution in [2.45, 2.75) is 50.3 Å². The first-order valence-corrected chi connectivity index (χ1v) is 11.0. The number of carbonyl (C=O) groups is 2. The molecule has 2 aromatic heterocycles. The number of carbonyl (C=O) groups excluding carboxylic acids is 2. The number of aromatic nitrogens is 2. The minimum Gasteiger partial charge on any atom is -0.324 e. The Kier molecular flexibility index (Phi) is 5.21. The lowest BCUT2D eigenvalue weighted by atomic mass is 10.1. The molecule has 144 valence electrons. The van der Waals surface area contributed by atoms with Gasteiger partial charge in [0.1, 0.15) is 15.7 Å². The van der Waals surface area contributed by atoms with Gasteiger partial charge in [-0.3, -0.25) is 9.59 Å². The Hall–Kier alpha value is -2.25. The van der Waals surface area contributed by atoms with Crippen LogP contribution in [-0.2, 0) is 17.6 Å². The molecule has 1 amide bonds. The Bertz CT molecular complexity index is 1090. The van der Waals surface area contributed by atoms with Crippen molar-refractivity contribution in [1.82, 2.24) is 9.97 Å². The average molecular weight is 412 g/mol. The molecule has 4 rings (SSSR count). The quantitative estimate of drug-likeness (QED) is 0.371. The fraction of sp³-hybridized carbons (Fsp3) is 0.333. The van der Waals surface area contributed by atoms with E-state index in [0.29, 0.717) is 11.3 Å². The van der Waals surface area contributed by atoms with Crippen LogP contribution in [0, 0.1) is 6.92 Å². The lowest BCUT2D eigenvalue weighted by molar-refractivity contribution is -0.115. The van der Waals surface area contributed by atoms with Gasteiger partial charge in [0.25, 0.3) is 0 Å². The predicted molar refractivity (Wildman–Crippen MR) is 115 cm³/mol. The van der Waals surface area contributed by atoms with Gasteiger partial charge >= 0.3 is 0 Å². The second kappa shape index (κ2) is 7.64. The summed E-state index contributed by atoms with van der Waals surface area (Å²) in [6, 6.07) is 7.08. The molecule has 5 nitrogen and oxygen atoms in total. The van der Waals surface area contributed by atoms with Crippen molar-refractivity contribution >= 4 is 50.7 Å². The first kappa shape index (κ1) is 19.1. The van der Waals surface area contributed by atoms with E-state index in [9.17, 15) is 9.59 Å². The molecule has 0 saturated heterocycles. The fourth-order valence-electron chi connectivity index (χ4n) is 3.50. The summed E-state index contributed by atoms with van der Waals surface area (Å²) >= 11 is 3.21. The summed E-state index contributed by atoms with van der Waals surface area (Å²) < 4.78 is 0. The van der Waals surface area contributed by atoms with Crippen LogP contribution in [0.3, 0.4) is 0 Å². The van der Waals surface area contributed by atoms with Gasteiger partial charge in [-0.05, 0) is 57.7 Å². The fourth-order valence-corrected chi connectivity index (χ4v) is 5.90. The number of nitrogens with one attached hydrogen (secondary N) is 1. The van der Waals surface area contributed by atoms with Crippen LogP contribution in [0.4, 0.5) is 5.69 Å². The monoisotopic (exact) mass is 411 g/mol. The molecule has 0 radical (unpaired) electrons. The second-order valence-electron chi connectivity index (χ2n) is 6.96. The highest BCUT2D eigenvalue weighted by Crippen LogP contribution is 2.41. The molecule has 1 aliphatic rings. The van der Waals surface area contributed by atoms with Gasteiger partial charge in [0.05, 0.1) is 10.9 Å². The van der Waals surface area contributed by atoms with Crippen LogP contribution < -0.4 is 5.32 Å². The highest BCUT2D eigenvalue weighted by atomic mass is 32.2. The maximum absolute atomic E-state index is 12.8. The van der Waals surface area contributed by atoms with Gasteiger partial charge in [-0.25, -0.2) is 9.97 Å². The summed E-state index contributed by atoms with van der Waals surface area (Å²) in [7, 11) is 0. The van der Waals surface area contributed by atoms with E-state index < -0.39 is 0 Å². The Labute approximate surface area is 172 Å². The summed E-state index contributed by atoms with van der Waals surface area (Å²) in [4.78, 5) is 36.3. The topological polar surface area (TPSA) is 72.0 Å². The number of para-hydroxylation sites is 1. The highest BCUT2D eigenvalue weighted by molar-refractivity contribution is 8.00. The van der Waals surface area contributed by atoms with E-state index in [1.807, 2.05) is 19.9 Å². The normalized spacial score (nSPS) is 14.1. The second-order valence-corrected chi connectivity index (χ2v) is 9.38. The SMILES string of the molecule is CC(=O)c1ccccc1NC(=O)[C@H](C)Sc1nc(C)nc2sc3c(c12)CCC3. The number of benzene rings is 1. The summed E-state index contributed by atoms with van der Waals surface area (Å²) in [5.41, 5.74) is 2.42. The summed E-state index contributed by atoms with van der Waals surface area (Å²) in [5.74, 6) is 0.512. The maximum Gasteiger partial charge on any atom is 0.237 e. The summed E-state index contributed by atoms with van der Waals surface area (Å²) in [5, 5.41) is 4.55. The van der Waals surface area contributed by atoms with Gasteiger partial charge < -0.3 is 5.32 Å². The van der Waals surface area contributed by atoms with E-state index in [-0.39, 0.29) is 16.9 Å². The molecule has 0 saturated carbocycles. The lowest BCUT2D eigenvalue weighted by Gasteiger charge is -2.14. The predicted octanol–water partition coefficient (Wildman–Crippen LogP) is 4.81. The van der Waals surface area contributed by atoms with E-state index in [1.165, 1.54) is 35.5 Å². The Morgan fingerprint density at radius 1 is 1.21 bits per heavy atom. The van der Waals surface area contributed by atoms with Crippen molar-refractivity contribution in [3.8, 4) is 0 Å². The molecule has 3 aromatic rings. The molecule has 0 spiro atoms. The molecule has 1 aromatic carbocycles. The zero-order chi connectivity index (χ0) is 19.8. The minimum absolute atomic E-state index is 0.0711. The van der Waals surface area contributed by atoms with E-state index in [1.54, 1.807) is 29.5 Å². The zero-order valence-electron chi connectivity index (χ0n) is 16.0. The standard InChI is InChI=1S/C21H21N3O2S2/c1-11(25)14-7-4-5-9-16(14)24-19(26)12(2)27-20-18-15-8-6-10-17(15)28-21(18)23-13(3)22-20/h4-5,7,9,12H,6,8,10H2,1-3H3,(H,24,26)/t12-/m0/s1. The Morgan fingerprint density at radius 3 is 2.79 bits per heavy atom. The van der Waals surface area contributed by atoms with Crippen molar-refractivity contribution in [2.75, 3.05) is 5.32 Å². The minimum atomic E-state index is -0.352. The van der Waals surface area contributed by atoms with Crippen molar-refractivity contribution < 1.29 is 9.59 Å². The number of hydrogen-bond acceptors (Lipinski definition) is 6. The molecule has 0 unspecified atom stereocenters. The smallest absolute Gasteiger partial charge is 0.237 e. The summed E-state index contributed by atoms with van der Waals surface area (Å²) in [6.45, 7) is 5.26. The van der Waals surface area contributed by atoms with Crippen LogP contribution in [0.5, 0.6) is 0 Å². The molecule has 28 heavy (non-hydrogen) atoms. The van der Waals surface area contributed by atoms with Crippen LogP contribution in [0.15, 0.2) is 29.3 Å². The van der Waals surface area contributed by atoms with Gasteiger partial charge in [-0.2, -0.15) is 0 Å². The van der Waals surface area contributed by atoms with Crippen molar-refractivity contribution in [3.05, 3.63) is 46.1 Å². The van der Waals surface area contributed by atoms with Crippen LogP contribution in [0.25, 0.3) is 10.2 Å². The van der Waals surface area contributed by atoms with Crippen LogP contribution in [0.2, 0.25) is 0 Å². The molecule has 7 heteroatoms. The Balaban J connectivity index is 1.60. The number of Topliss-reactive ketones (excluding diaryl/α,β-unsaturated/α-hetero) is 1. The number of anilines is 1. The van der Waals surface area contributed by atoms with Crippen molar-refractivity contribution in [3.63, 3.8) is 0 Å². The molecule has 1 atom stereocenters. The van der Waals surface area contributed by atoms with Crippen molar-refractivity contribution in [1.29, 1.82) is 0 Å². The van der Waals surface area contributed by atoms with Crippen LogP contribution >= 0.6 is 23.1 Å². The number of thiophene rings is 1. The van der Waals surface area contributed by atoms with E-state index >= 15 is 0 Å².